The predicted molar refractivity (Wildman–Crippen MR) is 53.4 cm³/mol. The molecule has 6 heteroatoms. The van der Waals surface area contributed by atoms with Crippen LogP contribution in [0.25, 0.3) is 0 Å². The standard InChI is InChI=1S/C9H15N3O3/c1-12-7-10-6-8(12)9(14)11-2-4-15-5-3-13/h6-7,13H,2-5H2,1H3,(H,11,14). The van der Waals surface area contributed by atoms with E-state index in [1.807, 2.05) is 0 Å². The van der Waals surface area contributed by atoms with Crippen LogP contribution in [0.4, 0.5) is 0 Å². The molecule has 1 rings (SSSR count). The maximum atomic E-state index is 11.5. The van der Waals surface area contributed by atoms with Crippen LogP contribution < -0.4 is 5.32 Å². The first-order valence-corrected chi connectivity index (χ1v) is 4.69. The highest BCUT2D eigenvalue weighted by Crippen LogP contribution is 1.94. The molecule has 0 aromatic carbocycles. The summed E-state index contributed by atoms with van der Waals surface area (Å²) in [5.41, 5.74) is 0.511. The van der Waals surface area contributed by atoms with Gasteiger partial charge >= 0.3 is 0 Å². The number of aryl methyl sites for hydroxylation is 1. The van der Waals surface area contributed by atoms with Crippen molar-refractivity contribution in [1.29, 1.82) is 0 Å². The van der Waals surface area contributed by atoms with Gasteiger partial charge in [-0.25, -0.2) is 4.98 Å². The lowest BCUT2D eigenvalue weighted by Crippen LogP contribution is -2.28. The number of aliphatic hydroxyl groups is 1. The second kappa shape index (κ2) is 6.15. The van der Waals surface area contributed by atoms with E-state index in [2.05, 4.69) is 10.3 Å². The molecule has 0 aliphatic rings. The van der Waals surface area contributed by atoms with Crippen molar-refractivity contribution >= 4 is 5.91 Å². The summed E-state index contributed by atoms with van der Waals surface area (Å²) in [5, 5.41) is 11.1. The number of aliphatic hydroxyl groups excluding tert-OH is 1. The first kappa shape index (κ1) is 11.7. The van der Waals surface area contributed by atoms with Gasteiger partial charge in [-0.15, -0.1) is 0 Å². The summed E-state index contributed by atoms with van der Waals surface area (Å²) >= 11 is 0. The van der Waals surface area contributed by atoms with E-state index in [-0.39, 0.29) is 12.5 Å². The quantitative estimate of drug-likeness (QED) is 0.604. The van der Waals surface area contributed by atoms with E-state index < -0.39 is 0 Å². The predicted octanol–water partition coefficient (Wildman–Crippen LogP) is -0.841. The van der Waals surface area contributed by atoms with Crippen molar-refractivity contribution < 1.29 is 14.6 Å². The minimum Gasteiger partial charge on any atom is -0.394 e. The summed E-state index contributed by atoms with van der Waals surface area (Å²) in [6.07, 6.45) is 3.07. The summed E-state index contributed by atoms with van der Waals surface area (Å²) in [6.45, 7) is 1.10. The molecular formula is C9H15N3O3. The van der Waals surface area contributed by atoms with Crippen LogP contribution in [0.1, 0.15) is 10.5 Å². The van der Waals surface area contributed by atoms with Crippen LogP contribution in [-0.4, -0.2) is 46.9 Å². The fraction of sp³-hybridized carbons (Fsp3) is 0.556. The van der Waals surface area contributed by atoms with Crippen molar-refractivity contribution in [1.82, 2.24) is 14.9 Å². The Morgan fingerprint density at radius 1 is 1.67 bits per heavy atom. The number of nitrogens with zero attached hydrogens (tertiary/aromatic N) is 2. The van der Waals surface area contributed by atoms with Gasteiger partial charge in [0.25, 0.3) is 5.91 Å². The van der Waals surface area contributed by atoms with Gasteiger partial charge in [-0.1, -0.05) is 0 Å². The average molecular weight is 213 g/mol. The maximum absolute atomic E-state index is 11.5. The number of imidazole rings is 1. The first-order chi connectivity index (χ1) is 7.25. The zero-order valence-electron chi connectivity index (χ0n) is 8.64. The summed E-state index contributed by atoms with van der Waals surface area (Å²) in [6, 6.07) is 0. The number of carbonyl (C=O) groups excluding carboxylic acids is 1. The third-order valence-electron chi connectivity index (χ3n) is 1.82. The molecule has 84 valence electrons. The SMILES string of the molecule is Cn1cncc1C(=O)NCCOCCO. The van der Waals surface area contributed by atoms with Gasteiger partial charge in [-0.2, -0.15) is 0 Å². The largest absolute Gasteiger partial charge is 0.394 e. The van der Waals surface area contributed by atoms with E-state index in [0.29, 0.717) is 25.5 Å². The van der Waals surface area contributed by atoms with Gasteiger partial charge < -0.3 is 19.7 Å². The third-order valence-corrected chi connectivity index (χ3v) is 1.82. The fourth-order valence-corrected chi connectivity index (χ4v) is 1.07. The Balaban J connectivity index is 2.22. The van der Waals surface area contributed by atoms with Crippen molar-refractivity contribution in [2.45, 2.75) is 0 Å². The Morgan fingerprint density at radius 2 is 2.47 bits per heavy atom. The Bertz CT molecular complexity index is 311. The van der Waals surface area contributed by atoms with Gasteiger partial charge in [0.15, 0.2) is 0 Å². The van der Waals surface area contributed by atoms with Crippen LogP contribution >= 0.6 is 0 Å². The zero-order chi connectivity index (χ0) is 11.1. The average Bonchev–Trinajstić information content (AvgIpc) is 2.64. The molecule has 6 nitrogen and oxygen atoms in total. The molecule has 1 amide bonds. The minimum absolute atomic E-state index is 0.00429. The van der Waals surface area contributed by atoms with Crippen LogP contribution in [0.3, 0.4) is 0 Å². The van der Waals surface area contributed by atoms with Gasteiger partial charge in [-0.05, 0) is 0 Å². The van der Waals surface area contributed by atoms with E-state index in [1.165, 1.54) is 6.20 Å². The topological polar surface area (TPSA) is 76.4 Å². The van der Waals surface area contributed by atoms with Crippen LogP contribution in [0.5, 0.6) is 0 Å². The van der Waals surface area contributed by atoms with Gasteiger partial charge in [-0.3, -0.25) is 4.79 Å². The van der Waals surface area contributed by atoms with Crippen LogP contribution in [-0.2, 0) is 11.8 Å². The maximum Gasteiger partial charge on any atom is 0.269 e. The highest BCUT2D eigenvalue weighted by Gasteiger charge is 2.07. The van der Waals surface area contributed by atoms with Crippen molar-refractivity contribution in [3.63, 3.8) is 0 Å². The molecule has 0 aliphatic carbocycles. The van der Waals surface area contributed by atoms with Gasteiger partial charge in [0.05, 0.1) is 32.3 Å². The summed E-state index contributed by atoms with van der Waals surface area (Å²) in [5.74, 6) is -0.178. The minimum atomic E-state index is -0.178. The highest BCUT2D eigenvalue weighted by molar-refractivity contribution is 5.92. The van der Waals surface area contributed by atoms with E-state index in [4.69, 9.17) is 9.84 Å². The Labute approximate surface area is 87.9 Å². The van der Waals surface area contributed by atoms with Gasteiger partial charge in [0.2, 0.25) is 0 Å². The van der Waals surface area contributed by atoms with Crippen molar-refractivity contribution in [2.75, 3.05) is 26.4 Å². The van der Waals surface area contributed by atoms with E-state index >= 15 is 0 Å². The Hall–Kier alpha value is -1.40. The van der Waals surface area contributed by atoms with E-state index in [1.54, 1.807) is 17.9 Å². The molecule has 1 aromatic rings. The second-order valence-corrected chi connectivity index (χ2v) is 2.98. The molecule has 0 radical (unpaired) electrons. The number of hydrogen-bond donors (Lipinski definition) is 2. The molecule has 1 aromatic heterocycles. The lowest BCUT2D eigenvalue weighted by Gasteiger charge is -2.05. The molecule has 1 heterocycles. The molecule has 0 unspecified atom stereocenters. The molecule has 0 saturated heterocycles. The number of rotatable bonds is 6. The number of ether oxygens (including phenoxy) is 1. The number of hydrogen-bond acceptors (Lipinski definition) is 4. The zero-order valence-corrected chi connectivity index (χ0v) is 8.64. The van der Waals surface area contributed by atoms with Crippen molar-refractivity contribution in [3.05, 3.63) is 18.2 Å². The molecule has 0 bridgehead atoms. The summed E-state index contributed by atoms with van der Waals surface area (Å²) in [7, 11) is 1.75. The molecular weight excluding hydrogens is 198 g/mol. The summed E-state index contributed by atoms with van der Waals surface area (Å²) in [4.78, 5) is 15.3. The molecule has 0 saturated carbocycles. The highest BCUT2D eigenvalue weighted by atomic mass is 16.5. The van der Waals surface area contributed by atoms with Crippen LogP contribution in [0, 0.1) is 0 Å². The second-order valence-electron chi connectivity index (χ2n) is 2.98. The van der Waals surface area contributed by atoms with E-state index in [9.17, 15) is 4.79 Å². The van der Waals surface area contributed by atoms with Crippen molar-refractivity contribution in [3.8, 4) is 0 Å². The van der Waals surface area contributed by atoms with Crippen LogP contribution in [0.15, 0.2) is 12.5 Å². The number of nitrogens with one attached hydrogen (secondary N) is 1. The van der Waals surface area contributed by atoms with Gasteiger partial charge in [0.1, 0.15) is 5.69 Å². The fourth-order valence-electron chi connectivity index (χ4n) is 1.07. The first-order valence-electron chi connectivity index (χ1n) is 4.69. The number of carbonyl (C=O) groups is 1. The third kappa shape index (κ3) is 3.69. The van der Waals surface area contributed by atoms with E-state index in [0.717, 1.165) is 0 Å². The normalized spacial score (nSPS) is 10.3. The molecule has 15 heavy (non-hydrogen) atoms. The lowest BCUT2D eigenvalue weighted by atomic mass is 10.4. The molecule has 0 fully saturated rings. The van der Waals surface area contributed by atoms with Gasteiger partial charge in [0, 0.05) is 13.6 Å². The molecule has 0 aliphatic heterocycles. The number of amides is 1. The smallest absolute Gasteiger partial charge is 0.269 e. The lowest BCUT2D eigenvalue weighted by molar-refractivity contribution is 0.0833. The monoisotopic (exact) mass is 213 g/mol. The van der Waals surface area contributed by atoms with Crippen LogP contribution in [0.2, 0.25) is 0 Å². The Kier molecular flexibility index (Phi) is 4.79. The Morgan fingerprint density at radius 3 is 3.07 bits per heavy atom. The molecule has 0 atom stereocenters. The van der Waals surface area contributed by atoms with Crippen molar-refractivity contribution in [2.24, 2.45) is 7.05 Å². The summed E-state index contributed by atoms with van der Waals surface area (Å²) < 4.78 is 6.64. The molecule has 0 spiro atoms. The number of aromatic nitrogens is 2. The molecule has 2 N–H and O–H groups in total.